The summed E-state index contributed by atoms with van der Waals surface area (Å²) in [6.45, 7) is 0.340. The van der Waals surface area contributed by atoms with Gasteiger partial charge in [-0.05, 0) is 46.1 Å². The van der Waals surface area contributed by atoms with E-state index in [9.17, 15) is 14.4 Å². The average molecular weight is 440 g/mol. The molecule has 2 aliphatic rings. The fourth-order valence-corrected chi connectivity index (χ4v) is 4.10. The standard InChI is InChI=1S/C19H14BrN5O3/c20-13-8-21-25-6-5-14(22-17(13)25)10-1-2-12-11(7-10)9-24(19(12)28)15-3-4-16(26)23-18(15)27/h1-2,5-8,15H,3-4,9H2,(H,23,26,27)/t15-/m0/s1. The Labute approximate surface area is 167 Å². The van der Waals surface area contributed by atoms with Crippen LogP contribution in [-0.4, -0.2) is 43.3 Å². The smallest absolute Gasteiger partial charge is 0.255 e. The van der Waals surface area contributed by atoms with E-state index >= 15 is 0 Å². The number of hydrogen-bond donors (Lipinski definition) is 1. The maximum absolute atomic E-state index is 12.8. The molecule has 3 amide bonds. The molecule has 1 fully saturated rings. The maximum Gasteiger partial charge on any atom is 0.255 e. The van der Waals surface area contributed by atoms with E-state index in [1.54, 1.807) is 21.7 Å². The fourth-order valence-electron chi connectivity index (χ4n) is 3.74. The van der Waals surface area contributed by atoms with Crippen LogP contribution >= 0.6 is 15.9 Å². The second kappa shape index (κ2) is 6.23. The predicted octanol–water partition coefficient (Wildman–Crippen LogP) is 1.92. The molecule has 0 aliphatic carbocycles. The number of aromatic nitrogens is 3. The molecule has 1 aromatic carbocycles. The molecule has 1 N–H and O–H groups in total. The predicted molar refractivity (Wildman–Crippen MR) is 102 cm³/mol. The molecule has 140 valence electrons. The van der Waals surface area contributed by atoms with E-state index in [-0.39, 0.29) is 18.2 Å². The van der Waals surface area contributed by atoms with Crippen LogP contribution in [0.15, 0.2) is 41.1 Å². The number of piperidine rings is 1. The van der Waals surface area contributed by atoms with Crippen LogP contribution in [0.25, 0.3) is 16.9 Å². The Balaban J connectivity index is 1.47. The Kier molecular flexibility index (Phi) is 3.80. The molecule has 1 saturated heterocycles. The van der Waals surface area contributed by atoms with Gasteiger partial charge in [-0.25, -0.2) is 9.50 Å². The number of halogens is 1. The Morgan fingerprint density at radius 2 is 2.04 bits per heavy atom. The summed E-state index contributed by atoms with van der Waals surface area (Å²) in [5.74, 6) is -0.881. The van der Waals surface area contributed by atoms with E-state index < -0.39 is 11.9 Å². The summed E-state index contributed by atoms with van der Waals surface area (Å²) >= 11 is 3.43. The highest BCUT2D eigenvalue weighted by molar-refractivity contribution is 9.10. The number of rotatable bonds is 2. The van der Waals surface area contributed by atoms with E-state index in [1.165, 1.54) is 0 Å². The van der Waals surface area contributed by atoms with Crippen molar-refractivity contribution < 1.29 is 14.4 Å². The van der Waals surface area contributed by atoms with Crippen LogP contribution in [0.3, 0.4) is 0 Å². The third-order valence-electron chi connectivity index (χ3n) is 5.15. The molecule has 28 heavy (non-hydrogen) atoms. The van der Waals surface area contributed by atoms with Crippen LogP contribution in [-0.2, 0) is 16.1 Å². The SMILES string of the molecule is O=C1CC[C@H](N2Cc3cc(-c4ccn5ncc(Br)c5n4)ccc3C2=O)C(=O)N1. The molecular weight excluding hydrogens is 426 g/mol. The number of nitrogens with one attached hydrogen (secondary N) is 1. The zero-order valence-electron chi connectivity index (χ0n) is 14.6. The minimum atomic E-state index is -0.613. The lowest BCUT2D eigenvalue weighted by atomic mass is 10.0. The van der Waals surface area contributed by atoms with E-state index in [1.807, 2.05) is 24.4 Å². The van der Waals surface area contributed by atoms with Crippen molar-refractivity contribution in [2.24, 2.45) is 0 Å². The molecule has 9 heteroatoms. The quantitative estimate of drug-likeness (QED) is 0.615. The van der Waals surface area contributed by atoms with Crippen molar-refractivity contribution in [2.45, 2.75) is 25.4 Å². The third-order valence-corrected chi connectivity index (χ3v) is 5.70. The first kappa shape index (κ1) is 17.1. The Morgan fingerprint density at radius 1 is 1.18 bits per heavy atom. The van der Waals surface area contributed by atoms with Gasteiger partial charge in [0.05, 0.1) is 16.4 Å². The number of amides is 3. The molecule has 0 bridgehead atoms. The molecule has 2 aromatic heterocycles. The van der Waals surface area contributed by atoms with Crippen LogP contribution in [0, 0.1) is 0 Å². The van der Waals surface area contributed by atoms with Gasteiger partial charge in [-0.15, -0.1) is 0 Å². The number of hydrogen-bond acceptors (Lipinski definition) is 5. The second-order valence-electron chi connectivity index (χ2n) is 6.85. The molecule has 0 spiro atoms. The minimum absolute atomic E-state index is 0.182. The maximum atomic E-state index is 12.8. The number of nitrogens with zero attached hydrogens (tertiary/aromatic N) is 4. The molecule has 8 nitrogen and oxygen atoms in total. The molecule has 0 saturated carbocycles. The Hall–Kier alpha value is -3.07. The molecule has 0 unspecified atom stereocenters. The Morgan fingerprint density at radius 3 is 2.86 bits per heavy atom. The lowest BCUT2D eigenvalue weighted by Crippen LogP contribution is -2.52. The molecule has 1 atom stereocenters. The van der Waals surface area contributed by atoms with Crippen molar-refractivity contribution >= 4 is 39.3 Å². The van der Waals surface area contributed by atoms with Gasteiger partial charge in [-0.3, -0.25) is 19.7 Å². The minimum Gasteiger partial charge on any atom is -0.322 e. The van der Waals surface area contributed by atoms with Gasteiger partial charge in [-0.2, -0.15) is 5.10 Å². The van der Waals surface area contributed by atoms with Crippen molar-refractivity contribution in [3.05, 3.63) is 52.3 Å². The van der Waals surface area contributed by atoms with Crippen LogP contribution in [0.4, 0.5) is 0 Å². The summed E-state index contributed by atoms with van der Waals surface area (Å²) in [5, 5.41) is 6.51. The first-order chi connectivity index (χ1) is 13.5. The number of imide groups is 1. The summed E-state index contributed by atoms with van der Waals surface area (Å²) in [6, 6.07) is 6.81. The number of carbonyl (C=O) groups is 3. The van der Waals surface area contributed by atoms with Crippen molar-refractivity contribution in [3.63, 3.8) is 0 Å². The molecular formula is C19H14BrN5O3. The Bertz CT molecular complexity index is 1170. The largest absolute Gasteiger partial charge is 0.322 e. The molecule has 3 aromatic rings. The van der Waals surface area contributed by atoms with Gasteiger partial charge < -0.3 is 4.90 Å². The third kappa shape index (κ3) is 2.62. The van der Waals surface area contributed by atoms with Gasteiger partial charge in [0.2, 0.25) is 11.8 Å². The van der Waals surface area contributed by atoms with Crippen LogP contribution in [0.1, 0.15) is 28.8 Å². The van der Waals surface area contributed by atoms with E-state index in [2.05, 4.69) is 31.3 Å². The second-order valence-corrected chi connectivity index (χ2v) is 7.70. The number of carbonyl (C=O) groups excluding carboxylic acids is 3. The van der Waals surface area contributed by atoms with Gasteiger partial charge in [0.25, 0.3) is 5.91 Å². The van der Waals surface area contributed by atoms with Crippen LogP contribution < -0.4 is 5.32 Å². The van der Waals surface area contributed by atoms with Gasteiger partial charge >= 0.3 is 0 Å². The van der Waals surface area contributed by atoms with Crippen molar-refractivity contribution in [3.8, 4) is 11.3 Å². The highest BCUT2D eigenvalue weighted by Crippen LogP contribution is 2.31. The van der Waals surface area contributed by atoms with E-state index in [0.717, 1.165) is 21.3 Å². The zero-order valence-corrected chi connectivity index (χ0v) is 16.1. The molecule has 4 heterocycles. The fraction of sp³-hybridized carbons (Fsp3) is 0.211. The highest BCUT2D eigenvalue weighted by atomic mass is 79.9. The lowest BCUT2D eigenvalue weighted by Gasteiger charge is -2.29. The van der Waals surface area contributed by atoms with Gasteiger partial charge in [0, 0.05) is 30.3 Å². The number of fused-ring (bicyclic) bond motifs is 2. The van der Waals surface area contributed by atoms with Gasteiger partial charge in [0.1, 0.15) is 6.04 Å². The van der Waals surface area contributed by atoms with Crippen molar-refractivity contribution in [1.82, 2.24) is 24.8 Å². The monoisotopic (exact) mass is 439 g/mol. The first-order valence-electron chi connectivity index (χ1n) is 8.79. The first-order valence-corrected chi connectivity index (χ1v) is 9.58. The van der Waals surface area contributed by atoms with Gasteiger partial charge in [-0.1, -0.05) is 6.07 Å². The lowest BCUT2D eigenvalue weighted by molar-refractivity contribution is -0.136. The van der Waals surface area contributed by atoms with Crippen LogP contribution in [0.2, 0.25) is 0 Å². The zero-order chi connectivity index (χ0) is 19.4. The number of benzene rings is 1. The van der Waals surface area contributed by atoms with Crippen molar-refractivity contribution in [2.75, 3.05) is 0 Å². The molecule has 5 rings (SSSR count). The summed E-state index contributed by atoms with van der Waals surface area (Å²) < 4.78 is 2.48. The molecule has 0 radical (unpaired) electrons. The summed E-state index contributed by atoms with van der Waals surface area (Å²) in [4.78, 5) is 42.5. The topological polar surface area (TPSA) is 96.7 Å². The van der Waals surface area contributed by atoms with Gasteiger partial charge in [0.15, 0.2) is 5.65 Å². The summed E-state index contributed by atoms with van der Waals surface area (Å²) in [6.07, 6.45) is 4.11. The summed E-state index contributed by atoms with van der Waals surface area (Å²) in [5.41, 5.74) is 3.79. The summed E-state index contributed by atoms with van der Waals surface area (Å²) in [7, 11) is 0. The van der Waals surface area contributed by atoms with E-state index in [0.29, 0.717) is 24.2 Å². The molecule has 2 aliphatic heterocycles. The van der Waals surface area contributed by atoms with Crippen LogP contribution in [0.5, 0.6) is 0 Å². The average Bonchev–Trinajstić information content (AvgIpc) is 3.21. The highest BCUT2D eigenvalue weighted by Gasteiger charge is 2.39. The van der Waals surface area contributed by atoms with Crippen molar-refractivity contribution in [1.29, 1.82) is 0 Å². The van der Waals surface area contributed by atoms with E-state index in [4.69, 9.17) is 0 Å². The normalized spacial score (nSPS) is 19.2.